The Bertz CT molecular complexity index is 1340. The van der Waals surface area contributed by atoms with E-state index in [1.54, 1.807) is 12.4 Å². The van der Waals surface area contributed by atoms with Gasteiger partial charge in [0.2, 0.25) is 5.82 Å². The predicted molar refractivity (Wildman–Crippen MR) is 123 cm³/mol. The monoisotopic (exact) mass is 508 g/mol. The zero-order chi connectivity index (χ0) is 21.8. The van der Waals surface area contributed by atoms with Crippen molar-refractivity contribution in [1.29, 1.82) is 0 Å². The maximum Gasteiger partial charge on any atom is 0.479 e. The maximum atomic E-state index is 6.73. The number of benzene rings is 1. The van der Waals surface area contributed by atoms with Gasteiger partial charge < -0.3 is 30.1 Å². The third kappa shape index (κ3) is 5.48. The smallest absolute Gasteiger partial charge is 0.479 e. The molecule has 5 rings (SSSR count). The second-order valence-corrected chi connectivity index (χ2v) is 7.39. The molecule has 0 unspecified atom stereocenters. The molecule has 0 aliphatic rings. The second kappa shape index (κ2) is 11.5. The lowest BCUT2D eigenvalue weighted by molar-refractivity contribution is -0.614. The van der Waals surface area contributed by atoms with Gasteiger partial charge in [-0.05, 0) is 64.6 Å². The molecule has 0 atom stereocenters. The first-order valence-electron chi connectivity index (χ1n) is 10.1. The van der Waals surface area contributed by atoms with Gasteiger partial charge in [0.25, 0.3) is 0 Å². The Morgan fingerprint density at radius 2 is 1.26 bits per heavy atom. The lowest BCUT2D eigenvalue weighted by Gasteiger charge is -2.06. The first-order chi connectivity index (χ1) is 15.8. The van der Waals surface area contributed by atoms with Gasteiger partial charge in [-0.1, -0.05) is 35.9 Å². The van der Waals surface area contributed by atoms with E-state index in [9.17, 15) is 0 Å². The SMILES string of the molecule is Clc1c(Nc2ccccc2)nc(-[n+]2ccc(-c3ccncc3)cc2)nc1-[n+]1ccccc1.[Cl-].[Cl-]. The summed E-state index contributed by atoms with van der Waals surface area (Å²) in [4.78, 5) is 13.5. The summed E-state index contributed by atoms with van der Waals surface area (Å²) in [7, 11) is 0. The number of rotatable bonds is 5. The molecule has 0 bridgehead atoms. The normalized spacial score (nSPS) is 10.0. The molecule has 170 valence electrons. The van der Waals surface area contributed by atoms with Gasteiger partial charge in [0.15, 0.2) is 5.02 Å². The van der Waals surface area contributed by atoms with Crippen LogP contribution in [0.5, 0.6) is 0 Å². The molecule has 1 aromatic carbocycles. The zero-order valence-corrected chi connectivity index (χ0v) is 20.0. The Hall–Kier alpha value is -3.58. The number of pyridine rings is 3. The largest absolute Gasteiger partial charge is 1.00 e. The lowest BCUT2D eigenvalue weighted by Crippen LogP contribution is -3.00. The van der Waals surface area contributed by atoms with Gasteiger partial charge >= 0.3 is 11.8 Å². The van der Waals surface area contributed by atoms with Crippen molar-refractivity contribution in [1.82, 2.24) is 15.0 Å². The number of nitrogens with one attached hydrogen (secondary N) is 1. The molecule has 0 aliphatic carbocycles. The number of para-hydroxylation sites is 1. The van der Waals surface area contributed by atoms with E-state index in [1.165, 1.54) is 0 Å². The molecule has 9 heteroatoms. The highest BCUT2D eigenvalue weighted by molar-refractivity contribution is 6.34. The fourth-order valence-corrected chi connectivity index (χ4v) is 3.52. The van der Waals surface area contributed by atoms with Crippen molar-refractivity contribution in [2.45, 2.75) is 0 Å². The summed E-state index contributed by atoms with van der Waals surface area (Å²) in [5.74, 6) is 1.61. The van der Waals surface area contributed by atoms with Crippen LogP contribution in [-0.2, 0) is 0 Å². The van der Waals surface area contributed by atoms with Crippen LogP contribution in [0.1, 0.15) is 0 Å². The van der Waals surface area contributed by atoms with Gasteiger partial charge in [-0.15, -0.1) is 0 Å². The Morgan fingerprint density at radius 1 is 0.647 bits per heavy atom. The van der Waals surface area contributed by atoms with Gasteiger partial charge in [-0.25, -0.2) is 4.57 Å². The highest BCUT2D eigenvalue weighted by atomic mass is 35.5. The predicted octanol–water partition coefficient (Wildman–Crippen LogP) is -1.50. The molecule has 0 amide bonds. The van der Waals surface area contributed by atoms with Crippen LogP contribution in [0.4, 0.5) is 11.5 Å². The van der Waals surface area contributed by atoms with Crippen LogP contribution in [0.15, 0.2) is 110 Å². The Labute approximate surface area is 214 Å². The quantitative estimate of drug-likeness (QED) is 0.293. The van der Waals surface area contributed by atoms with Gasteiger partial charge in [-0.3, -0.25) is 4.98 Å². The first-order valence-corrected chi connectivity index (χ1v) is 10.4. The number of hydrogen-bond acceptors (Lipinski definition) is 4. The molecule has 34 heavy (non-hydrogen) atoms. The summed E-state index contributed by atoms with van der Waals surface area (Å²) in [6, 6.07) is 23.6. The molecule has 0 spiro atoms. The van der Waals surface area contributed by atoms with Crippen molar-refractivity contribution in [3.8, 4) is 22.9 Å². The average molecular weight is 510 g/mol. The summed E-state index contributed by atoms with van der Waals surface area (Å²) in [6.45, 7) is 0. The van der Waals surface area contributed by atoms with Crippen molar-refractivity contribution in [2.24, 2.45) is 0 Å². The van der Waals surface area contributed by atoms with Crippen LogP contribution in [0.2, 0.25) is 5.02 Å². The van der Waals surface area contributed by atoms with Crippen molar-refractivity contribution in [2.75, 3.05) is 5.32 Å². The molecule has 4 aromatic heterocycles. The molecule has 0 saturated heterocycles. The van der Waals surface area contributed by atoms with Crippen molar-refractivity contribution < 1.29 is 33.9 Å². The summed E-state index contributed by atoms with van der Waals surface area (Å²) in [5, 5.41) is 3.75. The minimum Gasteiger partial charge on any atom is -1.00 e. The Morgan fingerprint density at radius 3 is 1.94 bits per heavy atom. The molecule has 4 heterocycles. The van der Waals surface area contributed by atoms with E-state index in [0.29, 0.717) is 22.6 Å². The van der Waals surface area contributed by atoms with E-state index >= 15 is 0 Å². The molecule has 1 N–H and O–H groups in total. The highest BCUT2D eigenvalue weighted by Crippen LogP contribution is 2.26. The minimum atomic E-state index is 0. The van der Waals surface area contributed by atoms with Gasteiger partial charge in [0.05, 0.1) is 24.8 Å². The summed E-state index contributed by atoms with van der Waals surface area (Å²) in [5.41, 5.74) is 3.06. The van der Waals surface area contributed by atoms with Crippen molar-refractivity contribution in [3.05, 3.63) is 115 Å². The van der Waals surface area contributed by atoms with E-state index < -0.39 is 0 Å². The van der Waals surface area contributed by atoms with E-state index in [4.69, 9.17) is 21.6 Å². The molecule has 6 nitrogen and oxygen atoms in total. The van der Waals surface area contributed by atoms with Crippen LogP contribution in [0.3, 0.4) is 0 Å². The molecule has 0 saturated carbocycles. The zero-order valence-electron chi connectivity index (χ0n) is 17.8. The summed E-state index contributed by atoms with van der Waals surface area (Å²) < 4.78 is 3.74. The summed E-state index contributed by atoms with van der Waals surface area (Å²) >= 11 is 6.73. The van der Waals surface area contributed by atoms with E-state index in [1.807, 2.05) is 107 Å². The topological polar surface area (TPSA) is 58.5 Å². The average Bonchev–Trinajstić information content (AvgIpc) is 2.87. The van der Waals surface area contributed by atoms with Gasteiger partial charge in [0.1, 0.15) is 0 Å². The van der Waals surface area contributed by atoms with Crippen LogP contribution in [0, 0.1) is 0 Å². The number of nitrogens with zero attached hydrogens (tertiary/aromatic N) is 5. The maximum absolute atomic E-state index is 6.73. The molecular weight excluding hydrogens is 491 g/mol. The number of halogens is 3. The van der Waals surface area contributed by atoms with E-state index in [-0.39, 0.29) is 24.8 Å². The fourth-order valence-electron chi connectivity index (χ4n) is 3.29. The third-order valence-electron chi connectivity index (χ3n) is 4.89. The van der Waals surface area contributed by atoms with Crippen LogP contribution in [0.25, 0.3) is 22.9 Å². The van der Waals surface area contributed by atoms with Crippen LogP contribution < -0.4 is 39.3 Å². The van der Waals surface area contributed by atoms with Crippen molar-refractivity contribution in [3.63, 3.8) is 0 Å². The van der Waals surface area contributed by atoms with Crippen LogP contribution in [-0.4, -0.2) is 15.0 Å². The summed E-state index contributed by atoms with van der Waals surface area (Å²) in [6.07, 6.45) is 11.2. The van der Waals surface area contributed by atoms with Gasteiger partial charge in [0, 0.05) is 23.1 Å². The highest BCUT2D eigenvalue weighted by Gasteiger charge is 2.27. The first kappa shape index (κ1) is 25.1. The molecular formula is C25H19Cl3N6. The lowest BCUT2D eigenvalue weighted by atomic mass is 10.1. The fraction of sp³-hybridized carbons (Fsp3) is 0. The van der Waals surface area contributed by atoms with Gasteiger partial charge in [-0.2, -0.15) is 4.57 Å². The third-order valence-corrected chi connectivity index (χ3v) is 5.24. The number of anilines is 2. The second-order valence-electron chi connectivity index (χ2n) is 7.01. The Kier molecular flexibility index (Phi) is 8.49. The number of aromatic nitrogens is 5. The van der Waals surface area contributed by atoms with Crippen LogP contribution >= 0.6 is 11.6 Å². The molecule has 0 aliphatic heterocycles. The molecule has 5 aromatic rings. The molecule has 0 radical (unpaired) electrons. The number of hydrogen-bond donors (Lipinski definition) is 1. The van der Waals surface area contributed by atoms with E-state index in [2.05, 4.69) is 10.3 Å². The minimum absolute atomic E-state index is 0. The standard InChI is InChI=1S/C25H19ClN6.2ClH/c26-22-23(28-21-7-3-1-4-8-21)29-25(30-24(22)31-15-5-2-6-16-31)32-17-11-20(12-18-32)19-9-13-27-14-10-19;;/h1-18H,(H,28,29,30);2*1H/q+2;;/p-2. The van der Waals surface area contributed by atoms with E-state index in [0.717, 1.165) is 16.8 Å². The Balaban J connectivity index is 0.00000162. The van der Waals surface area contributed by atoms with Crippen molar-refractivity contribution >= 4 is 23.1 Å². The molecule has 0 fully saturated rings.